The molecule has 0 aliphatic carbocycles. The predicted octanol–water partition coefficient (Wildman–Crippen LogP) is -0.205. The summed E-state index contributed by atoms with van der Waals surface area (Å²) in [7, 11) is -1.69. The van der Waals surface area contributed by atoms with Gasteiger partial charge in [-0.25, -0.2) is 12.7 Å². The lowest BCUT2D eigenvalue weighted by Gasteiger charge is -2.15. The van der Waals surface area contributed by atoms with Gasteiger partial charge >= 0.3 is 0 Å². The topological polar surface area (TPSA) is 96.0 Å². The molecular formula is C7H17N3O3S. The zero-order valence-corrected chi connectivity index (χ0v) is 9.29. The SMILES string of the molecule is CCCS(=O)(=O)N(C)CC/C(N)=N/O. The van der Waals surface area contributed by atoms with E-state index in [0.717, 1.165) is 0 Å². The quantitative estimate of drug-likeness (QED) is 0.282. The molecule has 0 aliphatic heterocycles. The molecule has 0 aromatic carbocycles. The summed E-state index contributed by atoms with van der Waals surface area (Å²) in [6.45, 7) is 2.03. The third kappa shape index (κ3) is 4.43. The number of nitrogens with zero attached hydrogens (tertiary/aromatic N) is 2. The molecular weight excluding hydrogens is 206 g/mol. The van der Waals surface area contributed by atoms with Gasteiger partial charge in [0.2, 0.25) is 10.0 Å². The minimum atomic E-state index is -3.17. The maximum atomic E-state index is 11.4. The van der Waals surface area contributed by atoms with Crippen LogP contribution in [-0.2, 0) is 10.0 Å². The molecule has 0 amide bonds. The Morgan fingerprint density at radius 1 is 1.57 bits per heavy atom. The van der Waals surface area contributed by atoms with Gasteiger partial charge in [-0.2, -0.15) is 0 Å². The fourth-order valence-corrected chi connectivity index (χ4v) is 2.07. The summed E-state index contributed by atoms with van der Waals surface area (Å²) >= 11 is 0. The predicted molar refractivity (Wildman–Crippen MR) is 54.7 cm³/mol. The summed E-state index contributed by atoms with van der Waals surface area (Å²) < 4.78 is 24.0. The van der Waals surface area contributed by atoms with E-state index in [0.29, 0.717) is 6.42 Å². The van der Waals surface area contributed by atoms with Crippen molar-refractivity contribution in [2.24, 2.45) is 10.9 Å². The standard InChI is InChI=1S/C7H17N3O3S/c1-3-6-14(12,13)10(2)5-4-7(8)9-11/h11H,3-6H2,1-2H3,(H2,8,9). The van der Waals surface area contributed by atoms with Gasteiger partial charge in [0.25, 0.3) is 0 Å². The Kier molecular flexibility index (Phi) is 5.47. The molecule has 0 spiro atoms. The van der Waals surface area contributed by atoms with Crippen LogP contribution in [0.4, 0.5) is 0 Å². The average molecular weight is 223 g/mol. The molecule has 0 aromatic rings. The van der Waals surface area contributed by atoms with Crippen molar-refractivity contribution in [2.75, 3.05) is 19.3 Å². The highest BCUT2D eigenvalue weighted by molar-refractivity contribution is 7.89. The Hall–Kier alpha value is -0.820. The molecule has 0 saturated heterocycles. The second kappa shape index (κ2) is 5.82. The van der Waals surface area contributed by atoms with Crippen LogP contribution < -0.4 is 5.73 Å². The minimum Gasteiger partial charge on any atom is -0.409 e. The summed E-state index contributed by atoms with van der Waals surface area (Å²) in [6, 6.07) is 0. The highest BCUT2D eigenvalue weighted by Gasteiger charge is 2.16. The van der Waals surface area contributed by atoms with Crippen LogP contribution in [0.1, 0.15) is 19.8 Å². The smallest absolute Gasteiger partial charge is 0.213 e. The van der Waals surface area contributed by atoms with Crippen LogP contribution >= 0.6 is 0 Å². The first-order valence-corrected chi connectivity index (χ1v) is 5.95. The number of rotatable bonds is 6. The Labute approximate surface area is 84.4 Å². The van der Waals surface area contributed by atoms with E-state index < -0.39 is 10.0 Å². The number of hydrogen-bond acceptors (Lipinski definition) is 4. The second-order valence-electron chi connectivity index (χ2n) is 2.98. The van der Waals surface area contributed by atoms with E-state index in [1.165, 1.54) is 11.4 Å². The van der Waals surface area contributed by atoms with Crippen molar-refractivity contribution in [1.82, 2.24) is 4.31 Å². The zero-order valence-electron chi connectivity index (χ0n) is 8.47. The first kappa shape index (κ1) is 13.2. The van der Waals surface area contributed by atoms with E-state index in [-0.39, 0.29) is 24.6 Å². The normalized spacial score (nSPS) is 13.5. The highest BCUT2D eigenvalue weighted by Crippen LogP contribution is 2.01. The minimum absolute atomic E-state index is 0.0311. The summed E-state index contributed by atoms with van der Waals surface area (Å²) in [4.78, 5) is 0. The van der Waals surface area contributed by atoms with Crippen molar-refractivity contribution in [3.8, 4) is 0 Å². The number of amidine groups is 1. The highest BCUT2D eigenvalue weighted by atomic mass is 32.2. The molecule has 0 aliphatic rings. The third-order valence-corrected chi connectivity index (χ3v) is 3.80. The monoisotopic (exact) mass is 223 g/mol. The van der Waals surface area contributed by atoms with Gasteiger partial charge in [0.05, 0.1) is 5.75 Å². The molecule has 6 nitrogen and oxygen atoms in total. The van der Waals surface area contributed by atoms with Crippen molar-refractivity contribution in [3.63, 3.8) is 0 Å². The van der Waals surface area contributed by atoms with Crippen LogP contribution in [0.2, 0.25) is 0 Å². The Morgan fingerprint density at radius 2 is 2.14 bits per heavy atom. The number of oxime groups is 1. The largest absolute Gasteiger partial charge is 0.409 e. The van der Waals surface area contributed by atoms with E-state index in [1.54, 1.807) is 6.92 Å². The summed E-state index contributed by atoms with van der Waals surface area (Å²) in [6.07, 6.45) is 0.812. The lowest BCUT2D eigenvalue weighted by atomic mass is 10.4. The van der Waals surface area contributed by atoms with Gasteiger partial charge in [-0.15, -0.1) is 0 Å². The molecule has 0 unspecified atom stereocenters. The average Bonchev–Trinajstić information content (AvgIpc) is 2.13. The van der Waals surface area contributed by atoms with Gasteiger partial charge in [-0.3, -0.25) is 0 Å². The van der Waals surface area contributed by atoms with Gasteiger partial charge in [0.1, 0.15) is 5.84 Å². The van der Waals surface area contributed by atoms with Crippen LogP contribution in [-0.4, -0.2) is 43.1 Å². The lowest BCUT2D eigenvalue weighted by molar-refractivity contribution is 0.316. The van der Waals surface area contributed by atoms with Crippen LogP contribution in [0.5, 0.6) is 0 Å². The van der Waals surface area contributed by atoms with Crippen molar-refractivity contribution in [2.45, 2.75) is 19.8 Å². The summed E-state index contributed by atoms with van der Waals surface area (Å²) in [5.41, 5.74) is 5.22. The van der Waals surface area contributed by atoms with E-state index in [9.17, 15) is 8.42 Å². The molecule has 0 radical (unpaired) electrons. The molecule has 0 rings (SSSR count). The first-order chi connectivity index (χ1) is 6.44. The number of sulfonamides is 1. The fourth-order valence-electron chi connectivity index (χ4n) is 0.875. The Bertz CT molecular complexity index is 287. The third-order valence-electron chi connectivity index (χ3n) is 1.75. The van der Waals surface area contributed by atoms with Gasteiger partial charge in [-0.05, 0) is 6.42 Å². The van der Waals surface area contributed by atoms with Gasteiger partial charge in [0, 0.05) is 20.0 Å². The number of nitrogens with two attached hydrogens (primary N) is 1. The lowest BCUT2D eigenvalue weighted by Crippen LogP contribution is -2.32. The van der Waals surface area contributed by atoms with Crippen LogP contribution in [0, 0.1) is 0 Å². The molecule has 14 heavy (non-hydrogen) atoms. The molecule has 0 fully saturated rings. The maximum Gasteiger partial charge on any atom is 0.213 e. The molecule has 84 valence electrons. The molecule has 0 aromatic heterocycles. The van der Waals surface area contributed by atoms with Crippen molar-refractivity contribution in [1.29, 1.82) is 0 Å². The Balaban J connectivity index is 4.15. The molecule has 0 bridgehead atoms. The van der Waals surface area contributed by atoms with E-state index in [2.05, 4.69) is 5.16 Å². The molecule has 0 atom stereocenters. The molecule has 3 N–H and O–H groups in total. The molecule has 0 heterocycles. The first-order valence-electron chi connectivity index (χ1n) is 4.34. The van der Waals surface area contributed by atoms with Crippen LogP contribution in [0.25, 0.3) is 0 Å². The molecule has 7 heteroatoms. The number of hydrogen-bond donors (Lipinski definition) is 2. The molecule has 0 saturated carbocycles. The van der Waals surface area contributed by atoms with Crippen LogP contribution in [0.15, 0.2) is 5.16 Å². The fraction of sp³-hybridized carbons (Fsp3) is 0.857. The van der Waals surface area contributed by atoms with Crippen molar-refractivity contribution < 1.29 is 13.6 Å². The van der Waals surface area contributed by atoms with Gasteiger partial charge in [0.15, 0.2) is 0 Å². The maximum absolute atomic E-state index is 11.4. The van der Waals surface area contributed by atoms with Gasteiger partial charge in [-0.1, -0.05) is 12.1 Å². The van der Waals surface area contributed by atoms with E-state index in [4.69, 9.17) is 10.9 Å². The zero-order chi connectivity index (χ0) is 11.2. The second-order valence-corrected chi connectivity index (χ2v) is 5.17. The Morgan fingerprint density at radius 3 is 2.57 bits per heavy atom. The van der Waals surface area contributed by atoms with Crippen molar-refractivity contribution in [3.05, 3.63) is 0 Å². The summed E-state index contributed by atoms with van der Waals surface area (Å²) in [5, 5.41) is 11.0. The van der Waals surface area contributed by atoms with Gasteiger partial charge < -0.3 is 10.9 Å². The van der Waals surface area contributed by atoms with E-state index in [1.807, 2.05) is 0 Å². The summed E-state index contributed by atoms with van der Waals surface area (Å²) in [5.74, 6) is 0.156. The van der Waals surface area contributed by atoms with E-state index >= 15 is 0 Å². The van der Waals surface area contributed by atoms with Crippen LogP contribution in [0.3, 0.4) is 0 Å². The van der Waals surface area contributed by atoms with Crippen molar-refractivity contribution >= 4 is 15.9 Å².